The maximum atomic E-state index is 11.3. The van der Waals surface area contributed by atoms with Crippen molar-refractivity contribution in [2.75, 3.05) is 25.1 Å². The molecule has 0 fully saturated rings. The molecule has 0 saturated carbocycles. The molecule has 1 amide bonds. The van der Waals surface area contributed by atoms with Crippen LogP contribution in [0.1, 0.15) is 5.69 Å². The lowest BCUT2D eigenvalue weighted by Crippen LogP contribution is -2.20. The van der Waals surface area contributed by atoms with Crippen LogP contribution in [-0.4, -0.2) is 35.4 Å². The van der Waals surface area contributed by atoms with Crippen LogP contribution in [0, 0.1) is 6.92 Å². The first-order valence-corrected chi connectivity index (χ1v) is 4.71. The normalized spacial score (nSPS) is 10.3. The number of hydrogen-bond acceptors (Lipinski definition) is 4. The van der Waals surface area contributed by atoms with Crippen molar-refractivity contribution in [3.8, 4) is 0 Å². The minimum absolute atomic E-state index is 0.0194. The molecule has 0 aliphatic carbocycles. The fourth-order valence-corrected chi connectivity index (χ4v) is 1.16. The van der Waals surface area contributed by atoms with Crippen LogP contribution in [0.15, 0.2) is 6.20 Å². The number of nitrogens with two attached hydrogens (primary N) is 1. The van der Waals surface area contributed by atoms with Gasteiger partial charge >= 0.3 is 0 Å². The Kier molecular flexibility index (Phi) is 4.26. The Morgan fingerprint density at radius 1 is 1.73 bits per heavy atom. The zero-order valence-electron chi connectivity index (χ0n) is 8.99. The Hall–Kier alpha value is -1.40. The monoisotopic (exact) mass is 212 g/mol. The van der Waals surface area contributed by atoms with E-state index in [2.05, 4.69) is 10.4 Å². The Labute approximate surface area is 88.4 Å². The number of anilines is 1. The zero-order chi connectivity index (χ0) is 11.3. The summed E-state index contributed by atoms with van der Waals surface area (Å²) in [4.78, 5) is 11.3. The lowest BCUT2D eigenvalue weighted by Gasteiger charge is -2.03. The van der Waals surface area contributed by atoms with Gasteiger partial charge in [0.05, 0.1) is 18.0 Å². The molecule has 6 nitrogen and oxygen atoms in total. The van der Waals surface area contributed by atoms with E-state index >= 15 is 0 Å². The van der Waals surface area contributed by atoms with Crippen LogP contribution in [0.4, 0.5) is 5.69 Å². The average Bonchev–Trinajstić information content (AvgIpc) is 2.45. The highest BCUT2D eigenvalue weighted by atomic mass is 16.5. The van der Waals surface area contributed by atoms with E-state index in [1.54, 1.807) is 17.9 Å². The molecular formula is C9H16N4O2. The van der Waals surface area contributed by atoms with Gasteiger partial charge in [-0.05, 0) is 6.92 Å². The number of ether oxygens (including phenoxy) is 1. The predicted molar refractivity (Wildman–Crippen MR) is 56.4 cm³/mol. The summed E-state index contributed by atoms with van der Waals surface area (Å²) in [5.74, 6) is -0.195. The molecule has 1 aromatic heterocycles. The third-order valence-electron chi connectivity index (χ3n) is 1.78. The molecule has 0 bridgehead atoms. The van der Waals surface area contributed by atoms with Crippen LogP contribution < -0.4 is 11.1 Å². The molecule has 0 spiro atoms. The third kappa shape index (κ3) is 3.69. The van der Waals surface area contributed by atoms with E-state index in [0.29, 0.717) is 18.8 Å². The number of aryl methyl sites for hydroxylation is 2. The maximum absolute atomic E-state index is 11.3. The van der Waals surface area contributed by atoms with Crippen molar-refractivity contribution in [2.45, 2.75) is 6.92 Å². The van der Waals surface area contributed by atoms with Gasteiger partial charge in [0.1, 0.15) is 6.61 Å². The van der Waals surface area contributed by atoms with E-state index in [4.69, 9.17) is 10.5 Å². The smallest absolute Gasteiger partial charge is 0.250 e. The molecule has 6 heteroatoms. The fourth-order valence-electron chi connectivity index (χ4n) is 1.16. The number of amides is 1. The fraction of sp³-hybridized carbons (Fsp3) is 0.556. The lowest BCUT2D eigenvalue weighted by atomic mass is 10.4. The summed E-state index contributed by atoms with van der Waals surface area (Å²) in [5, 5.41) is 6.80. The van der Waals surface area contributed by atoms with Gasteiger partial charge in [-0.1, -0.05) is 0 Å². The molecule has 15 heavy (non-hydrogen) atoms. The molecular weight excluding hydrogens is 196 g/mol. The van der Waals surface area contributed by atoms with E-state index in [0.717, 1.165) is 5.69 Å². The van der Waals surface area contributed by atoms with Crippen LogP contribution in [-0.2, 0) is 16.6 Å². The van der Waals surface area contributed by atoms with Gasteiger partial charge in [-0.3, -0.25) is 9.48 Å². The molecule has 1 aromatic rings. The van der Waals surface area contributed by atoms with Gasteiger partial charge in [0, 0.05) is 19.8 Å². The van der Waals surface area contributed by atoms with Crippen molar-refractivity contribution >= 4 is 11.6 Å². The zero-order valence-corrected chi connectivity index (χ0v) is 8.99. The molecule has 0 radical (unpaired) electrons. The minimum Gasteiger partial charge on any atom is -0.370 e. The topological polar surface area (TPSA) is 82.2 Å². The minimum atomic E-state index is -0.195. The van der Waals surface area contributed by atoms with Crippen LogP contribution in [0.3, 0.4) is 0 Å². The van der Waals surface area contributed by atoms with Gasteiger partial charge in [-0.2, -0.15) is 5.10 Å². The second-order valence-corrected chi connectivity index (χ2v) is 3.19. The second-order valence-electron chi connectivity index (χ2n) is 3.19. The van der Waals surface area contributed by atoms with Crippen molar-refractivity contribution in [1.29, 1.82) is 0 Å². The molecule has 0 atom stereocenters. The Morgan fingerprint density at radius 2 is 2.47 bits per heavy atom. The van der Waals surface area contributed by atoms with Gasteiger partial charge < -0.3 is 15.8 Å². The van der Waals surface area contributed by atoms with Crippen molar-refractivity contribution in [1.82, 2.24) is 9.78 Å². The van der Waals surface area contributed by atoms with Crippen LogP contribution >= 0.6 is 0 Å². The number of nitrogens with one attached hydrogen (secondary N) is 1. The van der Waals surface area contributed by atoms with E-state index in [-0.39, 0.29) is 12.5 Å². The largest absolute Gasteiger partial charge is 0.370 e. The highest BCUT2D eigenvalue weighted by Gasteiger charge is 2.07. The highest BCUT2D eigenvalue weighted by molar-refractivity contribution is 5.92. The van der Waals surface area contributed by atoms with Gasteiger partial charge in [-0.15, -0.1) is 0 Å². The number of carbonyl (C=O) groups is 1. The van der Waals surface area contributed by atoms with Gasteiger partial charge in [0.2, 0.25) is 5.91 Å². The Balaban J connectivity index is 2.41. The first-order valence-electron chi connectivity index (χ1n) is 4.71. The summed E-state index contributed by atoms with van der Waals surface area (Å²) in [6, 6.07) is 0. The van der Waals surface area contributed by atoms with Gasteiger partial charge in [-0.25, -0.2) is 0 Å². The average molecular weight is 212 g/mol. The van der Waals surface area contributed by atoms with Crippen LogP contribution in [0.25, 0.3) is 0 Å². The predicted octanol–water partition coefficient (Wildman–Crippen LogP) is -0.358. The number of aromatic nitrogens is 2. The molecule has 84 valence electrons. The van der Waals surface area contributed by atoms with Gasteiger partial charge in [0.15, 0.2) is 0 Å². The second kappa shape index (κ2) is 5.47. The molecule has 0 aromatic carbocycles. The molecule has 1 heterocycles. The quantitative estimate of drug-likeness (QED) is 0.653. The first-order chi connectivity index (χ1) is 7.13. The molecule has 1 rings (SSSR count). The summed E-state index contributed by atoms with van der Waals surface area (Å²) >= 11 is 0. The number of rotatable bonds is 5. The maximum Gasteiger partial charge on any atom is 0.250 e. The number of hydrogen-bond donors (Lipinski definition) is 2. The standard InChI is InChI=1S/C9H16N4O2/c1-7-8(5-13(2)12-7)11-9(14)6-15-4-3-10/h5H,3-4,6,10H2,1-2H3,(H,11,14). The van der Waals surface area contributed by atoms with Crippen molar-refractivity contribution in [2.24, 2.45) is 12.8 Å². The summed E-state index contributed by atoms with van der Waals surface area (Å²) in [5.41, 5.74) is 6.71. The first kappa shape index (κ1) is 11.7. The molecule has 0 unspecified atom stereocenters. The molecule has 0 saturated heterocycles. The van der Waals surface area contributed by atoms with E-state index in [1.807, 2.05) is 6.92 Å². The summed E-state index contributed by atoms with van der Waals surface area (Å²) in [7, 11) is 1.80. The molecule has 3 N–H and O–H groups in total. The number of carbonyl (C=O) groups excluding carboxylic acids is 1. The Morgan fingerprint density at radius 3 is 3.00 bits per heavy atom. The van der Waals surface area contributed by atoms with E-state index < -0.39 is 0 Å². The van der Waals surface area contributed by atoms with Crippen molar-refractivity contribution in [3.05, 3.63) is 11.9 Å². The number of nitrogens with zero attached hydrogens (tertiary/aromatic N) is 2. The van der Waals surface area contributed by atoms with E-state index in [1.165, 1.54) is 0 Å². The van der Waals surface area contributed by atoms with Crippen molar-refractivity contribution in [3.63, 3.8) is 0 Å². The Bertz CT molecular complexity index is 335. The SMILES string of the molecule is Cc1nn(C)cc1NC(=O)COCCN. The van der Waals surface area contributed by atoms with E-state index in [9.17, 15) is 4.79 Å². The summed E-state index contributed by atoms with van der Waals surface area (Å²) < 4.78 is 6.64. The van der Waals surface area contributed by atoms with Crippen molar-refractivity contribution < 1.29 is 9.53 Å². The molecule has 0 aliphatic heterocycles. The summed E-state index contributed by atoms with van der Waals surface area (Å²) in [6.45, 7) is 2.65. The summed E-state index contributed by atoms with van der Waals surface area (Å²) in [6.07, 6.45) is 1.75. The molecule has 0 aliphatic rings. The van der Waals surface area contributed by atoms with Crippen LogP contribution in [0.2, 0.25) is 0 Å². The van der Waals surface area contributed by atoms with Crippen LogP contribution in [0.5, 0.6) is 0 Å². The highest BCUT2D eigenvalue weighted by Crippen LogP contribution is 2.10. The van der Waals surface area contributed by atoms with Gasteiger partial charge in [0.25, 0.3) is 0 Å². The third-order valence-corrected chi connectivity index (χ3v) is 1.78. The lowest BCUT2D eigenvalue weighted by molar-refractivity contribution is -0.120.